The quantitative estimate of drug-likeness (QED) is 0.716. The number of carbonyl (C=O) groups is 1. The molecule has 0 aliphatic carbocycles. The molecule has 0 fully saturated rings. The first-order chi connectivity index (χ1) is 6.63. The molecule has 0 radical (unpaired) electrons. The third-order valence-electron chi connectivity index (χ3n) is 1.81. The molecule has 0 saturated carbocycles. The molecule has 0 aliphatic heterocycles. The van der Waals surface area contributed by atoms with Crippen LogP contribution in [0, 0.1) is 0 Å². The molecular weight excluding hydrogens is 204 g/mol. The number of rotatable bonds is 3. The monoisotopic (exact) mass is 214 g/mol. The van der Waals surface area contributed by atoms with E-state index in [0.29, 0.717) is 5.02 Å². The summed E-state index contributed by atoms with van der Waals surface area (Å²) in [6.45, 7) is 0.216. The molecule has 0 heterocycles. The van der Waals surface area contributed by atoms with E-state index in [0.717, 1.165) is 5.56 Å². The second kappa shape index (κ2) is 4.83. The molecule has 0 aromatic heterocycles. The van der Waals surface area contributed by atoms with Crippen LogP contribution in [0.2, 0.25) is 5.02 Å². The fourth-order valence-electron chi connectivity index (χ4n) is 1.12. The van der Waals surface area contributed by atoms with Crippen molar-refractivity contribution in [3.8, 4) is 0 Å². The van der Waals surface area contributed by atoms with Gasteiger partial charge in [-0.3, -0.25) is 0 Å². The molecule has 0 saturated heterocycles. The highest BCUT2D eigenvalue weighted by Crippen LogP contribution is 2.15. The van der Waals surface area contributed by atoms with Crippen LogP contribution in [0.3, 0.4) is 0 Å². The molecule has 0 bridgehead atoms. The van der Waals surface area contributed by atoms with Crippen molar-refractivity contribution in [2.45, 2.75) is 6.04 Å². The molecule has 4 nitrogen and oxygen atoms in total. The molecule has 1 rings (SSSR count). The zero-order valence-electron chi connectivity index (χ0n) is 7.40. The third-order valence-corrected chi connectivity index (χ3v) is 2.06. The van der Waals surface area contributed by atoms with Gasteiger partial charge in [0.05, 0.1) is 6.04 Å². The number of benzene rings is 1. The van der Waals surface area contributed by atoms with Gasteiger partial charge in [-0.2, -0.15) is 0 Å². The van der Waals surface area contributed by atoms with Crippen LogP contribution in [0.25, 0.3) is 0 Å². The van der Waals surface area contributed by atoms with Crippen LogP contribution >= 0.6 is 11.6 Å². The maximum atomic E-state index is 10.4. The van der Waals surface area contributed by atoms with Gasteiger partial charge in [-0.1, -0.05) is 23.7 Å². The summed E-state index contributed by atoms with van der Waals surface area (Å²) in [4.78, 5) is 10.4. The highest BCUT2D eigenvalue weighted by atomic mass is 35.5. The van der Waals surface area contributed by atoms with Gasteiger partial charge in [0.25, 0.3) is 0 Å². The predicted octanol–water partition coefficient (Wildman–Crippen LogP) is 1.61. The van der Waals surface area contributed by atoms with Crippen LogP contribution in [-0.2, 0) is 0 Å². The Kier molecular flexibility index (Phi) is 3.73. The summed E-state index contributed by atoms with van der Waals surface area (Å²) >= 11 is 5.70. The first-order valence-corrected chi connectivity index (χ1v) is 4.46. The molecule has 4 N–H and O–H groups in total. The van der Waals surface area contributed by atoms with Crippen molar-refractivity contribution >= 4 is 17.7 Å². The Morgan fingerprint density at radius 2 is 2.07 bits per heavy atom. The summed E-state index contributed by atoms with van der Waals surface area (Å²) in [7, 11) is 0. The molecule has 1 atom stereocenters. The lowest BCUT2D eigenvalue weighted by Gasteiger charge is -2.14. The highest BCUT2D eigenvalue weighted by molar-refractivity contribution is 6.30. The normalized spacial score (nSPS) is 12.1. The average molecular weight is 215 g/mol. The number of halogens is 1. The van der Waals surface area contributed by atoms with Crippen molar-refractivity contribution in [3.63, 3.8) is 0 Å². The topological polar surface area (TPSA) is 75.3 Å². The van der Waals surface area contributed by atoms with E-state index in [9.17, 15) is 4.79 Å². The number of nitrogens with two attached hydrogens (primary N) is 1. The molecule has 1 aromatic rings. The molecule has 1 aromatic carbocycles. The molecule has 76 valence electrons. The Hall–Kier alpha value is -1.26. The van der Waals surface area contributed by atoms with Crippen molar-refractivity contribution in [2.75, 3.05) is 6.54 Å². The number of hydrogen-bond donors (Lipinski definition) is 3. The smallest absolute Gasteiger partial charge is 0.405 e. The minimum Gasteiger partial charge on any atom is -0.465 e. The third kappa shape index (κ3) is 2.90. The van der Waals surface area contributed by atoms with E-state index >= 15 is 0 Å². The van der Waals surface area contributed by atoms with Crippen LogP contribution in [0.1, 0.15) is 11.6 Å². The van der Waals surface area contributed by atoms with Crippen molar-refractivity contribution < 1.29 is 9.90 Å². The van der Waals surface area contributed by atoms with Gasteiger partial charge >= 0.3 is 6.09 Å². The first kappa shape index (κ1) is 10.8. The number of nitrogens with one attached hydrogen (secondary N) is 1. The maximum absolute atomic E-state index is 10.4. The summed E-state index contributed by atoms with van der Waals surface area (Å²) in [5.74, 6) is 0. The Morgan fingerprint density at radius 3 is 2.50 bits per heavy atom. The van der Waals surface area contributed by atoms with Gasteiger partial charge < -0.3 is 16.2 Å². The minimum absolute atomic E-state index is 0.216. The lowest BCUT2D eigenvalue weighted by atomic mass is 10.1. The van der Waals surface area contributed by atoms with Crippen LogP contribution in [0.15, 0.2) is 24.3 Å². The van der Waals surface area contributed by atoms with Crippen LogP contribution < -0.4 is 11.1 Å². The minimum atomic E-state index is -1.09. The lowest BCUT2D eigenvalue weighted by molar-refractivity contribution is 0.190. The molecule has 0 aliphatic rings. The second-order valence-electron chi connectivity index (χ2n) is 2.79. The fourth-order valence-corrected chi connectivity index (χ4v) is 1.25. The summed E-state index contributed by atoms with van der Waals surface area (Å²) < 4.78 is 0. The van der Waals surface area contributed by atoms with Crippen molar-refractivity contribution in [2.24, 2.45) is 5.73 Å². The van der Waals surface area contributed by atoms with Crippen molar-refractivity contribution in [1.82, 2.24) is 5.32 Å². The molecule has 1 unspecified atom stereocenters. The van der Waals surface area contributed by atoms with E-state index in [-0.39, 0.29) is 12.6 Å². The highest BCUT2D eigenvalue weighted by Gasteiger charge is 2.11. The van der Waals surface area contributed by atoms with E-state index in [1.807, 2.05) is 0 Å². The van der Waals surface area contributed by atoms with E-state index in [1.54, 1.807) is 24.3 Å². The summed E-state index contributed by atoms with van der Waals surface area (Å²) in [6.07, 6.45) is -1.09. The Labute approximate surface area is 86.7 Å². The van der Waals surface area contributed by atoms with Gasteiger partial charge in [-0.25, -0.2) is 4.79 Å². The van der Waals surface area contributed by atoms with E-state index in [1.165, 1.54) is 0 Å². The van der Waals surface area contributed by atoms with Crippen LogP contribution in [-0.4, -0.2) is 17.7 Å². The lowest BCUT2D eigenvalue weighted by Crippen LogP contribution is -2.32. The average Bonchev–Trinajstić information content (AvgIpc) is 2.15. The molecule has 0 spiro atoms. The maximum Gasteiger partial charge on any atom is 0.405 e. The van der Waals surface area contributed by atoms with Gasteiger partial charge in [0.1, 0.15) is 0 Å². The van der Waals surface area contributed by atoms with Gasteiger partial charge in [0.2, 0.25) is 0 Å². The SMILES string of the molecule is NCC(NC(=O)O)c1ccc(Cl)cc1. The largest absolute Gasteiger partial charge is 0.465 e. The summed E-state index contributed by atoms with van der Waals surface area (Å²) in [6, 6.07) is 6.50. The van der Waals surface area contributed by atoms with Crippen LogP contribution in [0.5, 0.6) is 0 Å². The van der Waals surface area contributed by atoms with E-state index in [4.69, 9.17) is 22.4 Å². The van der Waals surface area contributed by atoms with Gasteiger partial charge in [0, 0.05) is 11.6 Å². The van der Waals surface area contributed by atoms with Gasteiger partial charge in [-0.15, -0.1) is 0 Å². The summed E-state index contributed by atoms with van der Waals surface area (Å²) in [5, 5.41) is 11.5. The van der Waals surface area contributed by atoms with E-state index < -0.39 is 6.09 Å². The van der Waals surface area contributed by atoms with Crippen molar-refractivity contribution in [1.29, 1.82) is 0 Å². The zero-order valence-corrected chi connectivity index (χ0v) is 8.16. The Balaban J connectivity index is 2.78. The van der Waals surface area contributed by atoms with Crippen molar-refractivity contribution in [3.05, 3.63) is 34.9 Å². The molecule has 5 heteroatoms. The Morgan fingerprint density at radius 1 is 1.50 bits per heavy atom. The first-order valence-electron chi connectivity index (χ1n) is 4.08. The van der Waals surface area contributed by atoms with E-state index in [2.05, 4.69) is 5.32 Å². The van der Waals surface area contributed by atoms with Gasteiger partial charge in [-0.05, 0) is 17.7 Å². The summed E-state index contributed by atoms with van der Waals surface area (Å²) in [5.41, 5.74) is 6.24. The fraction of sp³-hybridized carbons (Fsp3) is 0.222. The molecule has 1 amide bonds. The zero-order chi connectivity index (χ0) is 10.6. The van der Waals surface area contributed by atoms with Crippen LogP contribution in [0.4, 0.5) is 4.79 Å². The number of amides is 1. The predicted molar refractivity (Wildman–Crippen MR) is 54.4 cm³/mol. The second-order valence-corrected chi connectivity index (χ2v) is 3.23. The number of carboxylic acid groups (broad SMARTS) is 1. The number of hydrogen-bond acceptors (Lipinski definition) is 2. The Bertz CT molecular complexity index is 313. The molecule has 14 heavy (non-hydrogen) atoms. The molecular formula is C9H11ClN2O2. The standard InChI is InChI=1S/C9H11ClN2O2/c10-7-3-1-6(2-4-7)8(5-11)12-9(13)14/h1-4,8,12H,5,11H2,(H,13,14). The van der Waals surface area contributed by atoms with Gasteiger partial charge in [0.15, 0.2) is 0 Å².